The molecule has 114 valence electrons. The van der Waals surface area contributed by atoms with Gasteiger partial charge in [0.15, 0.2) is 0 Å². The molecule has 0 atom stereocenters. The van der Waals surface area contributed by atoms with Gasteiger partial charge in [0.25, 0.3) is 0 Å². The highest BCUT2D eigenvalue weighted by atomic mass is 16.5. The predicted octanol–water partition coefficient (Wildman–Crippen LogP) is 4.27. The smallest absolute Gasteiger partial charge is 0.119 e. The van der Waals surface area contributed by atoms with E-state index in [9.17, 15) is 0 Å². The molecule has 0 amide bonds. The van der Waals surface area contributed by atoms with Gasteiger partial charge in [0.2, 0.25) is 0 Å². The molecule has 0 spiro atoms. The minimum atomic E-state index is 0.143. The maximum Gasteiger partial charge on any atom is 0.119 e. The molecular weight excluding hydrogens is 246 g/mol. The Hall–Kier alpha value is -1.02. The van der Waals surface area contributed by atoms with Gasteiger partial charge in [-0.25, -0.2) is 0 Å². The summed E-state index contributed by atoms with van der Waals surface area (Å²) in [6.07, 6.45) is 1.03. The van der Waals surface area contributed by atoms with E-state index in [0.29, 0.717) is 0 Å². The average Bonchev–Trinajstić information content (AvgIpc) is 2.32. The summed E-state index contributed by atoms with van der Waals surface area (Å²) in [5.74, 6) is 0.999. The van der Waals surface area contributed by atoms with Gasteiger partial charge in [-0.05, 0) is 54.1 Å². The lowest BCUT2D eigenvalue weighted by molar-refractivity contribution is 0.308. The van der Waals surface area contributed by atoms with Crippen LogP contribution in [-0.2, 0) is 10.8 Å². The summed E-state index contributed by atoms with van der Waals surface area (Å²) in [7, 11) is 1.97. The molecular formula is C18H31NO. The zero-order chi connectivity index (χ0) is 15.4. The van der Waals surface area contributed by atoms with E-state index in [4.69, 9.17) is 4.74 Å². The molecule has 0 fully saturated rings. The summed E-state index contributed by atoms with van der Waals surface area (Å²) in [4.78, 5) is 0. The van der Waals surface area contributed by atoms with E-state index < -0.39 is 0 Å². The third-order valence-electron chi connectivity index (χ3n) is 3.48. The molecule has 0 radical (unpaired) electrons. The van der Waals surface area contributed by atoms with E-state index in [1.54, 1.807) is 0 Å². The van der Waals surface area contributed by atoms with Crippen LogP contribution in [0.3, 0.4) is 0 Å². The van der Waals surface area contributed by atoms with Crippen LogP contribution in [0.1, 0.15) is 59.1 Å². The van der Waals surface area contributed by atoms with Crippen LogP contribution in [-0.4, -0.2) is 20.2 Å². The Labute approximate surface area is 124 Å². The van der Waals surface area contributed by atoms with E-state index in [1.165, 1.54) is 11.1 Å². The van der Waals surface area contributed by atoms with Crippen LogP contribution in [0.4, 0.5) is 0 Å². The zero-order valence-corrected chi connectivity index (χ0v) is 14.3. The van der Waals surface area contributed by atoms with Crippen LogP contribution in [0.15, 0.2) is 18.2 Å². The van der Waals surface area contributed by atoms with Gasteiger partial charge in [-0.2, -0.15) is 0 Å². The van der Waals surface area contributed by atoms with Crippen molar-refractivity contribution in [1.82, 2.24) is 5.32 Å². The van der Waals surface area contributed by atoms with Gasteiger partial charge in [0.1, 0.15) is 5.75 Å². The van der Waals surface area contributed by atoms with Crippen molar-refractivity contribution < 1.29 is 4.74 Å². The number of nitrogens with one attached hydrogen (secondary N) is 1. The fourth-order valence-corrected chi connectivity index (χ4v) is 1.99. The number of rotatable bonds is 5. The quantitative estimate of drug-likeness (QED) is 0.812. The molecule has 0 aliphatic carbocycles. The van der Waals surface area contributed by atoms with Gasteiger partial charge in [-0.3, -0.25) is 0 Å². The van der Waals surface area contributed by atoms with E-state index in [1.807, 2.05) is 7.05 Å². The minimum absolute atomic E-state index is 0.143. The summed E-state index contributed by atoms with van der Waals surface area (Å²) in [5.41, 5.74) is 2.97. The van der Waals surface area contributed by atoms with Crippen molar-refractivity contribution in [2.75, 3.05) is 20.2 Å². The van der Waals surface area contributed by atoms with Gasteiger partial charge < -0.3 is 10.1 Å². The Morgan fingerprint density at radius 1 is 0.900 bits per heavy atom. The molecule has 0 saturated carbocycles. The molecule has 0 aliphatic rings. The lowest BCUT2D eigenvalue weighted by Gasteiger charge is -2.26. The normalized spacial score (nSPS) is 12.6. The molecule has 1 N–H and O–H groups in total. The molecule has 0 heterocycles. The van der Waals surface area contributed by atoms with Gasteiger partial charge in [0.05, 0.1) is 6.61 Å². The standard InChI is InChI=1S/C18H31NO/c1-17(2,3)14-11-15(18(4,5)6)13-16(12-14)20-10-8-9-19-7/h11-13,19H,8-10H2,1-7H3. The second kappa shape index (κ2) is 6.62. The van der Waals surface area contributed by atoms with Gasteiger partial charge in [-0.1, -0.05) is 47.6 Å². The number of benzene rings is 1. The van der Waals surface area contributed by atoms with Crippen LogP contribution >= 0.6 is 0 Å². The van der Waals surface area contributed by atoms with Crippen molar-refractivity contribution in [1.29, 1.82) is 0 Å². The molecule has 1 rings (SSSR count). The van der Waals surface area contributed by atoms with Gasteiger partial charge >= 0.3 is 0 Å². The topological polar surface area (TPSA) is 21.3 Å². The SMILES string of the molecule is CNCCCOc1cc(C(C)(C)C)cc(C(C)(C)C)c1. The minimum Gasteiger partial charge on any atom is -0.494 e. The highest BCUT2D eigenvalue weighted by Gasteiger charge is 2.20. The Bertz CT molecular complexity index is 392. The van der Waals surface area contributed by atoms with Crippen LogP contribution < -0.4 is 10.1 Å². The molecule has 0 bridgehead atoms. The van der Waals surface area contributed by atoms with Crippen molar-refractivity contribution in [3.8, 4) is 5.75 Å². The van der Waals surface area contributed by atoms with Crippen LogP contribution in [0, 0.1) is 0 Å². The highest BCUT2D eigenvalue weighted by Crippen LogP contribution is 2.32. The first-order valence-corrected chi connectivity index (χ1v) is 7.58. The summed E-state index contributed by atoms with van der Waals surface area (Å²) in [6.45, 7) is 15.3. The maximum absolute atomic E-state index is 5.94. The van der Waals surface area contributed by atoms with Gasteiger partial charge in [0, 0.05) is 0 Å². The second-order valence-corrected chi connectivity index (χ2v) is 7.55. The van der Waals surface area contributed by atoms with E-state index >= 15 is 0 Å². The first-order chi connectivity index (χ1) is 9.14. The summed E-state index contributed by atoms with van der Waals surface area (Å²) in [5, 5.41) is 3.15. The average molecular weight is 277 g/mol. The van der Waals surface area contributed by atoms with Crippen molar-refractivity contribution in [2.24, 2.45) is 0 Å². The molecule has 2 heteroatoms. The Morgan fingerprint density at radius 3 is 1.80 bits per heavy atom. The molecule has 0 saturated heterocycles. The van der Waals surface area contributed by atoms with Crippen molar-refractivity contribution in [3.05, 3.63) is 29.3 Å². The number of ether oxygens (including phenoxy) is 1. The Morgan fingerprint density at radius 2 is 1.40 bits per heavy atom. The monoisotopic (exact) mass is 277 g/mol. The fourth-order valence-electron chi connectivity index (χ4n) is 1.99. The summed E-state index contributed by atoms with van der Waals surface area (Å²) < 4.78 is 5.94. The molecule has 1 aromatic rings. The molecule has 20 heavy (non-hydrogen) atoms. The predicted molar refractivity (Wildman–Crippen MR) is 87.9 cm³/mol. The number of hydrogen-bond donors (Lipinski definition) is 1. The molecule has 0 aliphatic heterocycles. The number of hydrogen-bond acceptors (Lipinski definition) is 2. The van der Waals surface area contributed by atoms with Crippen molar-refractivity contribution in [3.63, 3.8) is 0 Å². The third-order valence-corrected chi connectivity index (χ3v) is 3.48. The summed E-state index contributed by atoms with van der Waals surface area (Å²) in [6, 6.07) is 6.70. The maximum atomic E-state index is 5.94. The fraction of sp³-hybridized carbons (Fsp3) is 0.667. The molecule has 1 aromatic carbocycles. The zero-order valence-electron chi connectivity index (χ0n) is 14.3. The van der Waals surface area contributed by atoms with Crippen LogP contribution in [0.2, 0.25) is 0 Å². The lowest BCUT2D eigenvalue weighted by Crippen LogP contribution is -2.17. The summed E-state index contributed by atoms with van der Waals surface area (Å²) >= 11 is 0. The molecule has 0 aromatic heterocycles. The van der Waals surface area contributed by atoms with E-state index in [0.717, 1.165) is 25.3 Å². The first-order valence-electron chi connectivity index (χ1n) is 7.58. The third kappa shape index (κ3) is 5.16. The van der Waals surface area contributed by atoms with E-state index in [-0.39, 0.29) is 10.8 Å². The highest BCUT2D eigenvalue weighted by molar-refractivity contribution is 5.40. The Balaban J connectivity index is 2.99. The van der Waals surface area contributed by atoms with E-state index in [2.05, 4.69) is 65.1 Å². The van der Waals surface area contributed by atoms with Crippen molar-refractivity contribution >= 4 is 0 Å². The second-order valence-electron chi connectivity index (χ2n) is 7.55. The van der Waals surface area contributed by atoms with Crippen LogP contribution in [0.5, 0.6) is 5.75 Å². The van der Waals surface area contributed by atoms with Gasteiger partial charge in [-0.15, -0.1) is 0 Å². The molecule has 0 unspecified atom stereocenters. The largest absolute Gasteiger partial charge is 0.494 e. The molecule has 2 nitrogen and oxygen atoms in total. The van der Waals surface area contributed by atoms with Crippen molar-refractivity contribution in [2.45, 2.75) is 58.8 Å². The lowest BCUT2D eigenvalue weighted by atomic mass is 9.80. The van der Waals surface area contributed by atoms with Crippen LogP contribution in [0.25, 0.3) is 0 Å². The first kappa shape index (κ1) is 17.0. The Kier molecular flexibility index (Phi) is 5.64.